The molecule has 0 radical (unpaired) electrons. The van der Waals surface area contributed by atoms with Gasteiger partial charge in [-0.1, -0.05) is 42.0 Å². The van der Waals surface area contributed by atoms with Gasteiger partial charge in [-0.05, 0) is 31.2 Å². The highest BCUT2D eigenvalue weighted by Gasteiger charge is 2.29. The van der Waals surface area contributed by atoms with Crippen molar-refractivity contribution < 1.29 is 4.79 Å². The number of carbonyl (C=O) groups excluding carboxylic acids is 1. The summed E-state index contributed by atoms with van der Waals surface area (Å²) in [6, 6.07) is 10.5. The molecule has 0 spiro atoms. The number of nitrogens with one attached hydrogen (secondary N) is 2. The molecule has 2 aliphatic rings. The highest BCUT2D eigenvalue weighted by molar-refractivity contribution is 14.0. The molecule has 0 bridgehead atoms. The third kappa shape index (κ3) is 6.30. The lowest BCUT2D eigenvalue weighted by atomic mass is 10.0. The first-order valence-electron chi connectivity index (χ1n) is 9.24. The van der Waals surface area contributed by atoms with Crippen LogP contribution in [0.2, 0.25) is 0 Å². The van der Waals surface area contributed by atoms with Crippen molar-refractivity contribution >= 4 is 41.9 Å². The van der Waals surface area contributed by atoms with E-state index in [1.807, 2.05) is 13.1 Å². The van der Waals surface area contributed by atoms with Crippen molar-refractivity contribution in [2.75, 3.05) is 33.2 Å². The summed E-state index contributed by atoms with van der Waals surface area (Å²) in [5, 5.41) is 6.34. The highest BCUT2D eigenvalue weighted by atomic mass is 127. The number of amides is 1. The van der Waals surface area contributed by atoms with Gasteiger partial charge in [-0.15, -0.1) is 24.0 Å². The lowest BCUT2D eigenvalue weighted by Crippen LogP contribution is -2.46. The van der Waals surface area contributed by atoms with Crippen LogP contribution in [0.1, 0.15) is 31.2 Å². The zero-order chi connectivity index (χ0) is 17.5. The van der Waals surface area contributed by atoms with Crippen molar-refractivity contribution in [3.05, 3.63) is 41.5 Å². The molecule has 2 fully saturated rings. The molecule has 3 rings (SSSR count). The molecule has 1 aromatic rings. The summed E-state index contributed by atoms with van der Waals surface area (Å²) in [6.07, 6.45) is 6.53. The van der Waals surface area contributed by atoms with E-state index >= 15 is 0 Å². The van der Waals surface area contributed by atoms with Crippen molar-refractivity contribution in [1.82, 2.24) is 15.5 Å². The van der Waals surface area contributed by atoms with Crippen LogP contribution in [0.4, 0.5) is 0 Å². The van der Waals surface area contributed by atoms with Gasteiger partial charge in [0, 0.05) is 39.1 Å². The van der Waals surface area contributed by atoms with Gasteiger partial charge in [-0.25, -0.2) is 0 Å². The zero-order valence-corrected chi connectivity index (χ0v) is 17.7. The number of hydrogen-bond donors (Lipinski definition) is 2. The first kappa shape index (κ1) is 20.7. The molecule has 1 aliphatic carbocycles. The second-order valence-corrected chi connectivity index (χ2v) is 6.74. The Morgan fingerprint density at radius 2 is 1.81 bits per heavy atom. The SMILES string of the molecule is CN=C(NCCNC(=O)C1CC1)N1CCC(=Cc2ccccc2)CC1.I. The van der Waals surface area contributed by atoms with Crippen molar-refractivity contribution in [2.24, 2.45) is 10.9 Å². The number of guanidine groups is 1. The van der Waals surface area contributed by atoms with Gasteiger partial charge in [0.2, 0.25) is 5.91 Å². The van der Waals surface area contributed by atoms with Gasteiger partial charge >= 0.3 is 0 Å². The molecule has 5 nitrogen and oxygen atoms in total. The Bertz CT molecular complexity index is 630. The Hall–Kier alpha value is -1.57. The van der Waals surface area contributed by atoms with E-state index in [0.29, 0.717) is 13.1 Å². The number of benzene rings is 1. The molecule has 0 unspecified atom stereocenters. The van der Waals surface area contributed by atoms with Gasteiger partial charge in [-0.3, -0.25) is 9.79 Å². The van der Waals surface area contributed by atoms with Crippen molar-refractivity contribution in [2.45, 2.75) is 25.7 Å². The number of rotatable bonds is 5. The fourth-order valence-corrected chi connectivity index (χ4v) is 3.12. The first-order valence-corrected chi connectivity index (χ1v) is 9.24. The number of nitrogens with zero attached hydrogens (tertiary/aromatic N) is 2. The molecule has 142 valence electrons. The van der Waals surface area contributed by atoms with E-state index in [0.717, 1.165) is 44.7 Å². The summed E-state index contributed by atoms with van der Waals surface area (Å²) in [6.45, 7) is 3.33. The fraction of sp³-hybridized carbons (Fsp3) is 0.500. The van der Waals surface area contributed by atoms with Crippen LogP contribution in [0.5, 0.6) is 0 Å². The minimum absolute atomic E-state index is 0. The van der Waals surface area contributed by atoms with Gasteiger partial charge in [-0.2, -0.15) is 0 Å². The Labute approximate surface area is 173 Å². The summed E-state index contributed by atoms with van der Waals surface area (Å²) >= 11 is 0. The molecular formula is C20H29IN4O. The highest BCUT2D eigenvalue weighted by Crippen LogP contribution is 2.28. The predicted molar refractivity (Wildman–Crippen MR) is 118 cm³/mol. The van der Waals surface area contributed by atoms with Gasteiger partial charge in [0.15, 0.2) is 5.96 Å². The molecule has 1 heterocycles. The molecule has 1 saturated heterocycles. The van der Waals surface area contributed by atoms with E-state index in [2.05, 4.69) is 50.9 Å². The molecule has 0 aromatic heterocycles. The summed E-state index contributed by atoms with van der Waals surface area (Å²) in [7, 11) is 1.82. The van der Waals surface area contributed by atoms with E-state index in [1.54, 1.807) is 0 Å². The van der Waals surface area contributed by atoms with Gasteiger partial charge < -0.3 is 15.5 Å². The van der Waals surface area contributed by atoms with Crippen molar-refractivity contribution in [3.63, 3.8) is 0 Å². The lowest BCUT2D eigenvalue weighted by Gasteiger charge is -2.31. The standard InChI is InChI=1S/C20H28N4O.HI/c1-21-20(23-12-11-22-19(25)18-7-8-18)24-13-9-17(10-14-24)15-16-5-3-2-4-6-16;/h2-6,15,18H,7-14H2,1H3,(H,21,23)(H,22,25);1H. The van der Waals surface area contributed by atoms with Crippen molar-refractivity contribution in [1.29, 1.82) is 0 Å². The monoisotopic (exact) mass is 468 g/mol. The predicted octanol–water partition coefficient (Wildman–Crippen LogP) is 2.89. The Morgan fingerprint density at radius 1 is 1.15 bits per heavy atom. The number of likely N-dealkylation sites (tertiary alicyclic amines) is 1. The van der Waals surface area contributed by atoms with Crippen LogP contribution >= 0.6 is 24.0 Å². The van der Waals surface area contributed by atoms with E-state index in [9.17, 15) is 4.79 Å². The summed E-state index contributed by atoms with van der Waals surface area (Å²) < 4.78 is 0. The maximum atomic E-state index is 11.6. The molecule has 1 saturated carbocycles. The molecule has 2 N–H and O–H groups in total. The van der Waals surface area contributed by atoms with Gasteiger partial charge in [0.1, 0.15) is 0 Å². The summed E-state index contributed by atoms with van der Waals surface area (Å²) in [5.74, 6) is 1.40. The van der Waals surface area contributed by atoms with Crippen LogP contribution in [0.15, 0.2) is 40.9 Å². The molecule has 1 aliphatic heterocycles. The molecule has 0 atom stereocenters. The molecule has 6 heteroatoms. The molecule has 1 aromatic carbocycles. The largest absolute Gasteiger partial charge is 0.354 e. The summed E-state index contributed by atoms with van der Waals surface area (Å²) in [4.78, 5) is 18.3. The lowest BCUT2D eigenvalue weighted by molar-refractivity contribution is -0.122. The Balaban J connectivity index is 0.00000243. The normalized spacial score (nSPS) is 17.3. The average molecular weight is 468 g/mol. The number of halogens is 1. The van der Waals surface area contributed by atoms with Crippen LogP contribution in [-0.4, -0.2) is 50.0 Å². The second kappa shape index (κ2) is 10.5. The first-order chi connectivity index (χ1) is 12.3. The zero-order valence-electron chi connectivity index (χ0n) is 15.4. The smallest absolute Gasteiger partial charge is 0.223 e. The Morgan fingerprint density at radius 3 is 2.42 bits per heavy atom. The number of carbonyl (C=O) groups is 1. The van der Waals surface area contributed by atoms with Gasteiger partial charge in [0.25, 0.3) is 0 Å². The second-order valence-electron chi connectivity index (χ2n) is 6.74. The van der Waals surface area contributed by atoms with Crippen molar-refractivity contribution in [3.8, 4) is 0 Å². The minimum atomic E-state index is 0. The van der Waals surface area contributed by atoms with Crippen LogP contribution in [-0.2, 0) is 4.79 Å². The third-order valence-corrected chi connectivity index (χ3v) is 4.74. The summed E-state index contributed by atoms with van der Waals surface area (Å²) in [5.41, 5.74) is 2.77. The van der Waals surface area contributed by atoms with E-state index in [4.69, 9.17) is 0 Å². The maximum absolute atomic E-state index is 11.6. The quantitative estimate of drug-likeness (QED) is 0.303. The topological polar surface area (TPSA) is 56.7 Å². The van der Waals surface area contributed by atoms with E-state index in [-0.39, 0.29) is 35.8 Å². The van der Waals surface area contributed by atoms with Crippen LogP contribution in [0, 0.1) is 5.92 Å². The maximum Gasteiger partial charge on any atom is 0.223 e. The third-order valence-electron chi connectivity index (χ3n) is 4.74. The van der Waals surface area contributed by atoms with E-state index in [1.165, 1.54) is 11.1 Å². The average Bonchev–Trinajstić information content (AvgIpc) is 3.49. The van der Waals surface area contributed by atoms with E-state index < -0.39 is 0 Å². The fourth-order valence-electron chi connectivity index (χ4n) is 3.12. The number of hydrogen-bond acceptors (Lipinski definition) is 2. The number of aliphatic imine (C=N–C) groups is 1. The minimum Gasteiger partial charge on any atom is -0.354 e. The van der Waals surface area contributed by atoms with Crippen LogP contribution in [0.3, 0.4) is 0 Å². The molecule has 1 amide bonds. The molecular weight excluding hydrogens is 439 g/mol. The van der Waals surface area contributed by atoms with Crippen LogP contribution < -0.4 is 10.6 Å². The van der Waals surface area contributed by atoms with Crippen LogP contribution in [0.25, 0.3) is 6.08 Å². The van der Waals surface area contributed by atoms with Gasteiger partial charge in [0.05, 0.1) is 0 Å². The number of piperidine rings is 1. The molecule has 26 heavy (non-hydrogen) atoms. The Kier molecular flexibility index (Phi) is 8.41.